The van der Waals surface area contributed by atoms with Gasteiger partial charge in [0, 0.05) is 24.0 Å². The average molecular weight is 537 g/mol. The second kappa shape index (κ2) is 13.1. The second-order valence-electron chi connectivity index (χ2n) is 8.76. The number of hydrogen-bond acceptors (Lipinski definition) is 3. The molecular formula is C29H33BrN2O3. The fraction of sp³-hybridized carbons (Fsp3) is 0.310. The zero-order valence-corrected chi connectivity index (χ0v) is 22.1. The molecule has 3 aromatic rings. The Hall–Kier alpha value is -3.12. The quantitative estimate of drug-likeness (QED) is 0.340. The van der Waals surface area contributed by atoms with E-state index in [0.717, 1.165) is 15.6 Å². The second-order valence-corrected chi connectivity index (χ2v) is 9.68. The minimum atomic E-state index is -0.666. The van der Waals surface area contributed by atoms with Gasteiger partial charge in [-0.3, -0.25) is 9.59 Å². The lowest BCUT2D eigenvalue weighted by Gasteiger charge is -2.31. The van der Waals surface area contributed by atoms with Crippen molar-refractivity contribution in [2.45, 2.75) is 45.7 Å². The molecule has 0 aromatic heterocycles. The molecule has 35 heavy (non-hydrogen) atoms. The molecule has 0 saturated carbocycles. The number of likely N-dealkylation sites (N-methyl/N-ethyl adjacent to an activating group) is 1. The van der Waals surface area contributed by atoms with E-state index < -0.39 is 6.04 Å². The van der Waals surface area contributed by atoms with Crippen LogP contribution in [0.15, 0.2) is 83.3 Å². The predicted molar refractivity (Wildman–Crippen MR) is 143 cm³/mol. The van der Waals surface area contributed by atoms with E-state index in [0.29, 0.717) is 31.2 Å². The summed E-state index contributed by atoms with van der Waals surface area (Å²) < 4.78 is 6.81. The summed E-state index contributed by atoms with van der Waals surface area (Å²) in [6.45, 7) is 6.78. The van der Waals surface area contributed by atoms with Crippen LogP contribution in [-0.4, -0.2) is 35.9 Å². The van der Waals surface area contributed by atoms with E-state index in [1.165, 1.54) is 5.56 Å². The molecule has 3 aromatic carbocycles. The fourth-order valence-corrected chi connectivity index (χ4v) is 4.07. The Morgan fingerprint density at radius 1 is 0.914 bits per heavy atom. The molecule has 6 heteroatoms. The van der Waals surface area contributed by atoms with Gasteiger partial charge in [0.25, 0.3) is 5.91 Å². The van der Waals surface area contributed by atoms with Gasteiger partial charge in [-0.1, -0.05) is 84.4 Å². The average Bonchev–Trinajstić information content (AvgIpc) is 2.86. The van der Waals surface area contributed by atoms with E-state index in [4.69, 9.17) is 4.74 Å². The number of halogens is 1. The summed E-state index contributed by atoms with van der Waals surface area (Å²) >= 11 is 3.46. The van der Waals surface area contributed by atoms with Crippen LogP contribution in [0.25, 0.3) is 0 Å². The minimum Gasteiger partial charge on any atom is -0.484 e. The number of nitrogens with one attached hydrogen (secondary N) is 1. The molecule has 184 valence electrons. The van der Waals surface area contributed by atoms with Crippen molar-refractivity contribution in [1.29, 1.82) is 0 Å². The van der Waals surface area contributed by atoms with Crippen molar-refractivity contribution in [3.05, 3.63) is 100 Å². The normalized spacial score (nSPS) is 11.7. The van der Waals surface area contributed by atoms with Crippen LogP contribution in [-0.2, 0) is 22.6 Å². The number of carbonyl (C=O) groups excluding carboxylic acids is 2. The summed E-state index contributed by atoms with van der Waals surface area (Å²) in [6.07, 6.45) is 0.415. The first-order valence-corrected chi connectivity index (χ1v) is 12.7. The van der Waals surface area contributed by atoms with Gasteiger partial charge in [0.05, 0.1) is 0 Å². The van der Waals surface area contributed by atoms with Crippen molar-refractivity contribution >= 4 is 27.7 Å². The molecule has 5 nitrogen and oxygen atoms in total. The molecule has 0 aliphatic carbocycles. The maximum Gasteiger partial charge on any atom is 0.261 e. The Kier molecular flexibility index (Phi) is 9.91. The van der Waals surface area contributed by atoms with Gasteiger partial charge < -0.3 is 15.0 Å². The van der Waals surface area contributed by atoms with Crippen LogP contribution in [0.4, 0.5) is 0 Å². The van der Waals surface area contributed by atoms with E-state index in [1.54, 1.807) is 4.90 Å². The van der Waals surface area contributed by atoms with Gasteiger partial charge in [-0.25, -0.2) is 0 Å². The van der Waals surface area contributed by atoms with E-state index in [1.807, 2.05) is 85.8 Å². The Morgan fingerprint density at radius 2 is 1.57 bits per heavy atom. The van der Waals surface area contributed by atoms with Gasteiger partial charge in [-0.15, -0.1) is 0 Å². The van der Waals surface area contributed by atoms with Crippen LogP contribution in [0.3, 0.4) is 0 Å². The standard InChI is InChI=1S/C29H33BrN2O3/c1-4-31-29(34)27(18-22-8-6-5-7-9-22)32(19-23-10-14-25(30)15-11-23)28(33)20-35-26-16-12-24(13-17-26)21(2)3/h5-17,21,27H,4,18-20H2,1-3H3,(H,31,34)/t27-/m0/s1. The lowest BCUT2D eigenvalue weighted by Crippen LogP contribution is -2.51. The largest absolute Gasteiger partial charge is 0.484 e. The van der Waals surface area contributed by atoms with Gasteiger partial charge in [-0.05, 0) is 53.8 Å². The Morgan fingerprint density at radius 3 is 2.17 bits per heavy atom. The molecule has 0 saturated heterocycles. The number of ether oxygens (including phenoxy) is 1. The number of hydrogen-bond donors (Lipinski definition) is 1. The number of amides is 2. The zero-order chi connectivity index (χ0) is 25.2. The number of rotatable bonds is 11. The van der Waals surface area contributed by atoms with Crippen molar-refractivity contribution in [3.63, 3.8) is 0 Å². The maximum atomic E-state index is 13.5. The van der Waals surface area contributed by atoms with Gasteiger partial charge >= 0.3 is 0 Å². The summed E-state index contributed by atoms with van der Waals surface area (Å²) in [5.74, 6) is 0.628. The summed E-state index contributed by atoms with van der Waals surface area (Å²) in [7, 11) is 0. The highest BCUT2D eigenvalue weighted by Gasteiger charge is 2.30. The van der Waals surface area contributed by atoms with E-state index in [9.17, 15) is 9.59 Å². The maximum absolute atomic E-state index is 13.5. The van der Waals surface area contributed by atoms with Crippen LogP contribution >= 0.6 is 15.9 Å². The molecule has 0 fully saturated rings. The third-order valence-corrected chi connectivity index (χ3v) is 6.33. The van der Waals surface area contributed by atoms with Crippen LogP contribution in [0.1, 0.15) is 43.4 Å². The summed E-state index contributed by atoms with van der Waals surface area (Å²) in [5.41, 5.74) is 3.13. The van der Waals surface area contributed by atoms with Crippen LogP contribution in [0.2, 0.25) is 0 Å². The molecule has 0 spiro atoms. The van der Waals surface area contributed by atoms with Crippen molar-refractivity contribution in [3.8, 4) is 5.75 Å². The number of nitrogens with zero attached hydrogens (tertiary/aromatic N) is 1. The summed E-state index contributed by atoms with van der Waals surface area (Å²) in [5, 5.41) is 2.91. The monoisotopic (exact) mass is 536 g/mol. The highest BCUT2D eigenvalue weighted by Crippen LogP contribution is 2.20. The first-order chi connectivity index (χ1) is 16.9. The van der Waals surface area contributed by atoms with Gasteiger partial charge in [-0.2, -0.15) is 0 Å². The topological polar surface area (TPSA) is 58.6 Å². The van der Waals surface area contributed by atoms with Gasteiger partial charge in [0.2, 0.25) is 5.91 Å². The highest BCUT2D eigenvalue weighted by molar-refractivity contribution is 9.10. The molecular weight excluding hydrogens is 504 g/mol. The molecule has 0 aliphatic rings. The molecule has 0 unspecified atom stereocenters. The molecule has 0 radical (unpaired) electrons. The molecule has 2 amide bonds. The molecule has 0 aliphatic heterocycles. The number of benzene rings is 3. The lowest BCUT2D eigenvalue weighted by atomic mass is 10.0. The Labute approximate surface area is 216 Å². The van der Waals surface area contributed by atoms with Crippen LogP contribution in [0, 0.1) is 0 Å². The fourth-order valence-electron chi connectivity index (χ4n) is 3.81. The molecule has 3 rings (SSSR count). The summed E-state index contributed by atoms with van der Waals surface area (Å²) in [4.78, 5) is 28.3. The highest BCUT2D eigenvalue weighted by atomic mass is 79.9. The Bertz CT molecular complexity index is 1080. The van der Waals surface area contributed by atoms with E-state index in [-0.39, 0.29) is 18.4 Å². The van der Waals surface area contributed by atoms with Crippen molar-refractivity contribution in [2.75, 3.05) is 13.2 Å². The first kappa shape index (κ1) is 26.5. The zero-order valence-electron chi connectivity index (χ0n) is 20.5. The minimum absolute atomic E-state index is 0.151. The molecule has 0 bridgehead atoms. The van der Waals surface area contributed by atoms with E-state index >= 15 is 0 Å². The predicted octanol–water partition coefficient (Wildman–Crippen LogP) is 5.73. The van der Waals surface area contributed by atoms with Crippen molar-refractivity contribution < 1.29 is 14.3 Å². The summed E-state index contributed by atoms with van der Waals surface area (Å²) in [6, 6.07) is 24.7. The smallest absolute Gasteiger partial charge is 0.261 e. The third-order valence-electron chi connectivity index (χ3n) is 5.80. The van der Waals surface area contributed by atoms with Gasteiger partial charge in [0.15, 0.2) is 6.61 Å². The lowest BCUT2D eigenvalue weighted by molar-refractivity contribution is -0.142. The third kappa shape index (κ3) is 7.96. The van der Waals surface area contributed by atoms with Crippen LogP contribution in [0.5, 0.6) is 5.75 Å². The molecule has 1 atom stereocenters. The Balaban J connectivity index is 1.85. The van der Waals surface area contributed by atoms with Crippen LogP contribution < -0.4 is 10.1 Å². The first-order valence-electron chi connectivity index (χ1n) is 12.0. The SMILES string of the molecule is CCNC(=O)[C@H](Cc1ccccc1)N(Cc1ccc(Br)cc1)C(=O)COc1ccc(C(C)C)cc1. The van der Waals surface area contributed by atoms with Crippen molar-refractivity contribution in [1.82, 2.24) is 10.2 Å². The van der Waals surface area contributed by atoms with E-state index in [2.05, 4.69) is 35.1 Å². The molecule has 1 N–H and O–H groups in total. The number of carbonyl (C=O) groups is 2. The van der Waals surface area contributed by atoms with Gasteiger partial charge in [0.1, 0.15) is 11.8 Å². The van der Waals surface area contributed by atoms with Crippen molar-refractivity contribution in [2.24, 2.45) is 0 Å². The molecule has 0 heterocycles.